The number of amides is 1. The molecule has 1 amide bonds. The van der Waals surface area contributed by atoms with Gasteiger partial charge in [-0.1, -0.05) is 35.9 Å². The van der Waals surface area contributed by atoms with Crippen molar-refractivity contribution in [2.75, 3.05) is 20.8 Å². The van der Waals surface area contributed by atoms with E-state index >= 15 is 0 Å². The van der Waals surface area contributed by atoms with Gasteiger partial charge in [0.15, 0.2) is 5.79 Å². The van der Waals surface area contributed by atoms with Crippen LogP contribution in [0.3, 0.4) is 0 Å². The fourth-order valence-electron chi connectivity index (χ4n) is 4.04. The fraction of sp³-hybridized carbons (Fsp3) is 0.591. The zero-order valence-electron chi connectivity index (χ0n) is 17.3. The van der Waals surface area contributed by atoms with E-state index in [1.165, 1.54) is 5.56 Å². The smallest absolute Gasteiger partial charge is 0.414 e. The van der Waals surface area contributed by atoms with Gasteiger partial charge in [-0.15, -0.1) is 0 Å². The molecule has 1 aromatic carbocycles. The van der Waals surface area contributed by atoms with Crippen LogP contribution >= 0.6 is 0 Å². The molecule has 148 valence electrons. The highest BCUT2D eigenvalue weighted by molar-refractivity contribution is 5.83. The number of ether oxygens (including phenoxy) is 3. The van der Waals surface area contributed by atoms with Gasteiger partial charge in [0, 0.05) is 39.0 Å². The zero-order chi connectivity index (χ0) is 19.9. The number of benzene rings is 1. The normalized spacial score (nSPS) is 20.8. The summed E-state index contributed by atoms with van der Waals surface area (Å²) in [7, 11) is 3.38. The zero-order valence-corrected chi connectivity index (χ0v) is 17.3. The first-order valence-corrected chi connectivity index (χ1v) is 9.52. The molecule has 1 spiro atoms. The summed E-state index contributed by atoms with van der Waals surface area (Å²) in [5.74, 6) is -0.511. The second-order valence-electron chi connectivity index (χ2n) is 8.81. The SMILES string of the molecule is COC1(OC)CC2(C=C(c3ccc(C)cc3)N(C(=O)OC(C)(C)C)CC2)C1. The molecule has 0 N–H and O–H groups in total. The van der Waals surface area contributed by atoms with Crippen LogP contribution in [0, 0.1) is 12.3 Å². The summed E-state index contributed by atoms with van der Waals surface area (Å²) in [6.45, 7) is 8.36. The quantitative estimate of drug-likeness (QED) is 0.718. The second kappa shape index (κ2) is 6.95. The van der Waals surface area contributed by atoms with Gasteiger partial charge in [0.2, 0.25) is 0 Å². The summed E-state index contributed by atoms with van der Waals surface area (Å²) in [6.07, 6.45) is 4.39. The Morgan fingerprint density at radius 3 is 2.19 bits per heavy atom. The molecule has 5 heteroatoms. The third kappa shape index (κ3) is 4.04. The minimum absolute atomic E-state index is 0.00917. The molecular weight excluding hydrogens is 342 g/mol. The largest absolute Gasteiger partial charge is 0.443 e. The van der Waals surface area contributed by atoms with Crippen LogP contribution in [-0.2, 0) is 14.2 Å². The molecule has 1 aliphatic carbocycles. The molecule has 1 heterocycles. The highest BCUT2D eigenvalue weighted by Crippen LogP contribution is 2.56. The van der Waals surface area contributed by atoms with Crippen LogP contribution in [0.15, 0.2) is 30.3 Å². The Balaban J connectivity index is 1.93. The molecule has 27 heavy (non-hydrogen) atoms. The van der Waals surface area contributed by atoms with Gasteiger partial charge in [-0.25, -0.2) is 4.79 Å². The van der Waals surface area contributed by atoms with Gasteiger partial charge in [-0.3, -0.25) is 4.90 Å². The maximum atomic E-state index is 12.8. The third-order valence-electron chi connectivity index (χ3n) is 5.52. The molecule has 0 saturated heterocycles. The molecule has 5 nitrogen and oxygen atoms in total. The van der Waals surface area contributed by atoms with Crippen LogP contribution in [0.25, 0.3) is 5.70 Å². The Morgan fingerprint density at radius 1 is 1.07 bits per heavy atom. The lowest BCUT2D eigenvalue weighted by Gasteiger charge is -2.55. The van der Waals surface area contributed by atoms with E-state index in [2.05, 4.69) is 37.3 Å². The Morgan fingerprint density at radius 2 is 1.67 bits per heavy atom. The van der Waals surface area contributed by atoms with E-state index < -0.39 is 11.4 Å². The summed E-state index contributed by atoms with van der Waals surface area (Å²) in [6, 6.07) is 8.27. The standard InChI is InChI=1S/C22H31NO4/c1-16-7-9-17(10-8-16)18-13-21(14-22(15-21,25-5)26-6)11-12-23(18)19(24)27-20(2,3)4/h7-10,13H,11-12,14-15H2,1-6H3. The van der Waals surface area contributed by atoms with Crippen molar-refractivity contribution in [1.82, 2.24) is 4.90 Å². The molecule has 2 aliphatic rings. The Labute approximate surface area is 162 Å². The first kappa shape index (κ1) is 19.9. The van der Waals surface area contributed by atoms with Crippen molar-refractivity contribution in [2.45, 2.75) is 58.3 Å². The number of carbonyl (C=O) groups excluding carboxylic acids is 1. The van der Waals surface area contributed by atoms with Gasteiger partial charge in [0.25, 0.3) is 0 Å². The van der Waals surface area contributed by atoms with Gasteiger partial charge in [0.1, 0.15) is 5.60 Å². The molecular formula is C22H31NO4. The monoisotopic (exact) mass is 373 g/mol. The van der Waals surface area contributed by atoms with Crippen molar-refractivity contribution in [3.63, 3.8) is 0 Å². The Hall–Kier alpha value is -1.85. The second-order valence-corrected chi connectivity index (χ2v) is 8.81. The lowest BCUT2D eigenvalue weighted by atomic mass is 9.60. The predicted octanol–water partition coefficient (Wildman–Crippen LogP) is 4.75. The maximum Gasteiger partial charge on any atom is 0.414 e. The Bertz CT molecular complexity index is 718. The van der Waals surface area contributed by atoms with Gasteiger partial charge < -0.3 is 14.2 Å². The fourth-order valence-corrected chi connectivity index (χ4v) is 4.04. The minimum Gasteiger partial charge on any atom is -0.443 e. The van der Waals surface area contributed by atoms with Crippen LogP contribution in [0.5, 0.6) is 0 Å². The number of allylic oxidation sites excluding steroid dienone is 1. The van der Waals surface area contributed by atoms with Crippen molar-refractivity contribution in [3.05, 3.63) is 41.5 Å². The van der Waals surface area contributed by atoms with Crippen LogP contribution < -0.4 is 0 Å². The van der Waals surface area contributed by atoms with E-state index in [4.69, 9.17) is 14.2 Å². The first-order chi connectivity index (χ1) is 12.6. The molecule has 0 aromatic heterocycles. The number of hydrogen-bond acceptors (Lipinski definition) is 4. The third-order valence-corrected chi connectivity index (χ3v) is 5.52. The number of nitrogens with zero attached hydrogens (tertiary/aromatic N) is 1. The topological polar surface area (TPSA) is 48.0 Å². The maximum absolute atomic E-state index is 12.8. The van der Waals surface area contributed by atoms with Crippen LogP contribution in [0.4, 0.5) is 4.79 Å². The van der Waals surface area contributed by atoms with Crippen molar-refractivity contribution in [3.8, 4) is 0 Å². The number of methoxy groups -OCH3 is 2. The first-order valence-electron chi connectivity index (χ1n) is 9.52. The highest BCUT2D eigenvalue weighted by Gasteiger charge is 2.56. The van der Waals surface area contributed by atoms with Gasteiger partial charge in [-0.05, 0) is 39.7 Å². The summed E-state index contributed by atoms with van der Waals surface area (Å²) >= 11 is 0. The number of aryl methyl sites for hydroxylation is 1. The number of rotatable bonds is 3. The van der Waals surface area contributed by atoms with E-state index in [1.54, 1.807) is 19.1 Å². The molecule has 1 saturated carbocycles. The number of hydrogen-bond donors (Lipinski definition) is 0. The summed E-state index contributed by atoms with van der Waals surface area (Å²) in [5.41, 5.74) is 2.59. The lowest BCUT2D eigenvalue weighted by molar-refractivity contribution is -0.288. The molecule has 1 fully saturated rings. The lowest BCUT2D eigenvalue weighted by Crippen LogP contribution is -2.56. The number of carbonyl (C=O) groups is 1. The average molecular weight is 373 g/mol. The van der Waals surface area contributed by atoms with Crippen LogP contribution in [-0.4, -0.2) is 43.1 Å². The molecule has 1 aromatic rings. The molecule has 0 atom stereocenters. The molecule has 0 unspecified atom stereocenters. The van der Waals surface area contributed by atoms with Gasteiger partial charge in [-0.2, -0.15) is 0 Å². The van der Waals surface area contributed by atoms with E-state index in [0.29, 0.717) is 6.54 Å². The van der Waals surface area contributed by atoms with E-state index in [1.807, 2.05) is 20.8 Å². The van der Waals surface area contributed by atoms with Gasteiger partial charge in [0.05, 0.1) is 5.70 Å². The molecule has 1 aliphatic heterocycles. The molecule has 0 radical (unpaired) electrons. The average Bonchev–Trinajstić information content (AvgIpc) is 2.58. The van der Waals surface area contributed by atoms with E-state index in [0.717, 1.165) is 30.5 Å². The van der Waals surface area contributed by atoms with Crippen molar-refractivity contribution < 1.29 is 19.0 Å². The summed E-state index contributed by atoms with van der Waals surface area (Å²) in [5, 5.41) is 0. The van der Waals surface area contributed by atoms with Crippen molar-refractivity contribution in [2.24, 2.45) is 5.41 Å². The molecule has 3 rings (SSSR count). The minimum atomic E-state index is -0.525. The van der Waals surface area contributed by atoms with E-state index in [9.17, 15) is 4.79 Å². The molecule has 0 bridgehead atoms. The van der Waals surface area contributed by atoms with Crippen LogP contribution in [0.2, 0.25) is 0 Å². The highest BCUT2D eigenvalue weighted by atomic mass is 16.7. The van der Waals surface area contributed by atoms with Crippen LogP contribution in [0.1, 0.15) is 51.2 Å². The van der Waals surface area contributed by atoms with Crippen molar-refractivity contribution >= 4 is 11.8 Å². The van der Waals surface area contributed by atoms with Gasteiger partial charge >= 0.3 is 6.09 Å². The Kier molecular flexibility index (Phi) is 5.12. The summed E-state index contributed by atoms with van der Waals surface area (Å²) in [4.78, 5) is 14.6. The van der Waals surface area contributed by atoms with Crippen molar-refractivity contribution in [1.29, 1.82) is 0 Å². The summed E-state index contributed by atoms with van der Waals surface area (Å²) < 4.78 is 16.8. The predicted molar refractivity (Wildman–Crippen MR) is 105 cm³/mol. The van der Waals surface area contributed by atoms with E-state index in [-0.39, 0.29) is 11.5 Å².